The van der Waals surface area contributed by atoms with Crippen molar-refractivity contribution >= 4 is 0 Å². The van der Waals surface area contributed by atoms with Gasteiger partial charge in [-0.05, 0) is 42.3 Å². The second-order valence-electron chi connectivity index (χ2n) is 8.98. The highest BCUT2D eigenvalue weighted by Gasteiger charge is 2.30. The lowest BCUT2D eigenvalue weighted by Gasteiger charge is -2.30. The molecule has 1 unspecified atom stereocenters. The van der Waals surface area contributed by atoms with Crippen LogP contribution in [0.3, 0.4) is 0 Å². The SMILES string of the molecule is CC.Cc1nc2c(c(=O)n1C(c1ccccc1)c1ccccn1)CN(Cc1ccc(C(F)(F)F)cc1)CC2. The van der Waals surface area contributed by atoms with Gasteiger partial charge in [-0.25, -0.2) is 4.98 Å². The van der Waals surface area contributed by atoms with Crippen molar-refractivity contribution in [3.05, 3.63) is 129 Å². The van der Waals surface area contributed by atoms with Gasteiger partial charge in [-0.2, -0.15) is 13.2 Å². The number of rotatable bonds is 5. The van der Waals surface area contributed by atoms with E-state index in [0.29, 0.717) is 37.4 Å². The standard InChI is InChI=1S/C28H25F3N4O.C2H6/c1-19-33-24-14-16-34(17-20-10-12-22(13-11-20)28(29,30)31)18-23(24)27(36)35(19)26(21-7-3-2-4-8-21)25-9-5-6-15-32-25;1-2/h2-13,15,26H,14,16-18H2,1H3;1-2H3. The molecule has 5 rings (SSSR count). The molecule has 0 fully saturated rings. The van der Waals surface area contributed by atoms with E-state index in [1.807, 2.05) is 69.3 Å². The van der Waals surface area contributed by atoms with Gasteiger partial charge >= 0.3 is 6.18 Å². The largest absolute Gasteiger partial charge is 0.416 e. The summed E-state index contributed by atoms with van der Waals surface area (Å²) in [5.41, 5.74) is 3.06. The van der Waals surface area contributed by atoms with Gasteiger partial charge in [0, 0.05) is 32.3 Å². The van der Waals surface area contributed by atoms with Crippen LogP contribution >= 0.6 is 0 Å². The van der Waals surface area contributed by atoms with Gasteiger partial charge in [-0.15, -0.1) is 0 Å². The van der Waals surface area contributed by atoms with Gasteiger partial charge in [-0.1, -0.05) is 62.4 Å². The Hall–Kier alpha value is -3.78. The monoisotopic (exact) mass is 520 g/mol. The molecular formula is C30H31F3N4O. The van der Waals surface area contributed by atoms with E-state index in [-0.39, 0.29) is 5.56 Å². The molecule has 0 aliphatic carbocycles. The number of alkyl halides is 3. The van der Waals surface area contributed by atoms with Crippen molar-refractivity contribution in [1.29, 1.82) is 0 Å². The zero-order chi connectivity index (χ0) is 27.3. The minimum absolute atomic E-state index is 0.117. The molecule has 1 aliphatic heterocycles. The van der Waals surface area contributed by atoms with Crippen molar-refractivity contribution in [2.75, 3.05) is 6.54 Å². The van der Waals surface area contributed by atoms with Crippen LogP contribution in [0.15, 0.2) is 83.8 Å². The Morgan fingerprint density at radius 1 is 0.947 bits per heavy atom. The Kier molecular flexibility index (Phi) is 8.42. The van der Waals surface area contributed by atoms with Crippen LogP contribution in [0, 0.1) is 6.92 Å². The molecule has 38 heavy (non-hydrogen) atoms. The third-order valence-corrected chi connectivity index (χ3v) is 6.55. The average molecular weight is 521 g/mol. The first-order valence-electron chi connectivity index (χ1n) is 12.8. The molecule has 0 N–H and O–H groups in total. The molecule has 5 nitrogen and oxygen atoms in total. The predicted molar refractivity (Wildman–Crippen MR) is 142 cm³/mol. The zero-order valence-corrected chi connectivity index (χ0v) is 21.7. The van der Waals surface area contributed by atoms with Crippen LogP contribution in [0.4, 0.5) is 13.2 Å². The Morgan fingerprint density at radius 2 is 1.63 bits per heavy atom. The molecule has 1 aliphatic rings. The molecule has 1 atom stereocenters. The molecule has 0 spiro atoms. The summed E-state index contributed by atoms with van der Waals surface area (Å²) >= 11 is 0. The van der Waals surface area contributed by atoms with Crippen LogP contribution in [0.1, 0.15) is 59.4 Å². The predicted octanol–water partition coefficient (Wildman–Crippen LogP) is 6.19. The van der Waals surface area contributed by atoms with Crippen LogP contribution in [-0.2, 0) is 25.7 Å². The fourth-order valence-corrected chi connectivity index (χ4v) is 4.79. The zero-order valence-electron chi connectivity index (χ0n) is 21.7. The second-order valence-corrected chi connectivity index (χ2v) is 8.98. The summed E-state index contributed by atoms with van der Waals surface area (Å²) in [7, 11) is 0. The molecular weight excluding hydrogens is 489 g/mol. The molecule has 198 valence electrons. The first kappa shape index (κ1) is 27.3. The van der Waals surface area contributed by atoms with Crippen LogP contribution in [0.25, 0.3) is 0 Å². The van der Waals surface area contributed by atoms with Crippen molar-refractivity contribution in [3.63, 3.8) is 0 Å². The van der Waals surface area contributed by atoms with Crippen molar-refractivity contribution in [2.45, 2.75) is 52.5 Å². The summed E-state index contributed by atoms with van der Waals surface area (Å²) in [5, 5.41) is 0. The fourth-order valence-electron chi connectivity index (χ4n) is 4.79. The first-order chi connectivity index (χ1) is 18.3. The number of pyridine rings is 1. The van der Waals surface area contributed by atoms with Crippen LogP contribution < -0.4 is 5.56 Å². The molecule has 0 saturated carbocycles. The molecule has 2 aromatic carbocycles. The Bertz CT molecular complexity index is 1360. The summed E-state index contributed by atoms with van der Waals surface area (Å²) in [6.45, 7) is 7.35. The Morgan fingerprint density at radius 3 is 2.26 bits per heavy atom. The number of aryl methyl sites for hydroxylation is 1. The van der Waals surface area contributed by atoms with Gasteiger partial charge in [0.25, 0.3) is 5.56 Å². The lowest BCUT2D eigenvalue weighted by atomic mass is 10.0. The summed E-state index contributed by atoms with van der Waals surface area (Å²) in [5.74, 6) is 0.620. The van der Waals surface area contributed by atoms with Crippen LogP contribution in [0.2, 0.25) is 0 Å². The van der Waals surface area contributed by atoms with Gasteiger partial charge in [0.1, 0.15) is 11.9 Å². The van der Waals surface area contributed by atoms with Crippen LogP contribution in [0.5, 0.6) is 0 Å². The Labute approximate surface area is 220 Å². The molecule has 2 aromatic heterocycles. The minimum atomic E-state index is -4.36. The highest BCUT2D eigenvalue weighted by Crippen LogP contribution is 2.30. The van der Waals surface area contributed by atoms with E-state index in [1.54, 1.807) is 10.8 Å². The molecule has 4 aromatic rings. The quantitative estimate of drug-likeness (QED) is 0.315. The maximum absolute atomic E-state index is 13.9. The van der Waals surface area contributed by atoms with Crippen molar-refractivity contribution in [3.8, 4) is 0 Å². The maximum atomic E-state index is 13.9. The maximum Gasteiger partial charge on any atom is 0.416 e. The van der Waals surface area contributed by atoms with E-state index >= 15 is 0 Å². The highest BCUT2D eigenvalue weighted by atomic mass is 19.4. The number of hydrogen-bond acceptors (Lipinski definition) is 4. The molecule has 3 heterocycles. The van der Waals surface area contributed by atoms with E-state index in [0.717, 1.165) is 34.6 Å². The lowest BCUT2D eigenvalue weighted by molar-refractivity contribution is -0.137. The van der Waals surface area contributed by atoms with E-state index in [1.165, 1.54) is 12.1 Å². The average Bonchev–Trinajstić information content (AvgIpc) is 2.93. The van der Waals surface area contributed by atoms with Gasteiger partial charge in [0.2, 0.25) is 0 Å². The fraction of sp³-hybridized carbons (Fsp3) is 0.300. The third-order valence-electron chi connectivity index (χ3n) is 6.55. The number of hydrogen-bond donors (Lipinski definition) is 0. The van der Waals surface area contributed by atoms with E-state index in [9.17, 15) is 18.0 Å². The summed E-state index contributed by atoms with van der Waals surface area (Å²) < 4.78 is 40.4. The molecule has 0 bridgehead atoms. The van der Waals surface area contributed by atoms with Gasteiger partial charge in [0.15, 0.2) is 0 Å². The highest BCUT2D eigenvalue weighted by molar-refractivity contribution is 5.32. The minimum Gasteiger partial charge on any atom is -0.294 e. The smallest absolute Gasteiger partial charge is 0.294 e. The summed E-state index contributed by atoms with van der Waals surface area (Å²) in [4.78, 5) is 25.3. The van der Waals surface area contributed by atoms with Gasteiger partial charge in [0.05, 0.1) is 22.5 Å². The number of halogens is 3. The molecule has 8 heteroatoms. The third kappa shape index (κ3) is 5.86. The molecule has 0 saturated heterocycles. The van der Waals surface area contributed by atoms with Crippen LogP contribution in [-0.4, -0.2) is 26.0 Å². The second kappa shape index (κ2) is 11.7. The lowest BCUT2D eigenvalue weighted by Crippen LogP contribution is -2.40. The van der Waals surface area contributed by atoms with Crippen molar-refractivity contribution < 1.29 is 13.2 Å². The Balaban J connectivity index is 0.00000164. The van der Waals surface area contributed by atoms with Gasteiger partial charge < -0.3 is 0 Å². The topological polar surface area (TPSA) is 51.0 Å². The summed E-state index contributed by atoms with van der Waals surface area (Å²) in [6, 6.07) is 20.1. The molecule has 0 amide bonds. The van der Waals surface area contributed by atoms with E-state index in [4.69, 9.17) is 4.98 Å². The number of aromatic nitrogens is 3. The van der Waals surface area contributed by atoms with Crippen molar-refractivity contribution in [1.82, 2.24) is 19.4 Å². The number of benzene rings is 2. The first-order valence-corrected chi connectivity index (χ1v) is 12.8. The molecule has 0 radical (unpaired) electrons. The van der Waals surface area contributed by atoms with E-state index < -0.39 is 17.8 Å². The number of nitrogens with zero attached hydrogens (tertiary/aromatic N) is 4. The van der Waals surface area contributed by atoms with E-state index in [2.05, 4.69) is 9.88 Å². The normalized spacial score (nSPS) is 14.3. The summed E-state index contributed by atoms with van der Waals surface area (Å²) in [6.07, 6.45) is -2.05. The van der Waals surface area contributed by atoms with Crippen molar-refractivity contribution in [2.24, 2.45) is 0 Å². The van der Waals surface area contributed by atoms with Gasteiger partial charge in [-0.3, -0.25) is 19.2 Å². The number of fused-ring (bicyclic) bond motifs is 1.